The summed E-state index contributed by atoms with van der Waals surface area (Å²) < 4.78 is 0. The van der Waals surface area contributed by atoms with Gasteiger partial charge in [-0.25, -0.2) is 0 Å². The quantitative estimate of drug-likeness (QED) is 0.634. The smallest absolute Gasteiger partial charge is 0.240 e. The molecule has 0 aliphatic carbocycles. The Labute approximate surface area is 84.5 Å². The van der Waals surface area contributed by atoms with E-state index in [0.717, 1.165) is 5.57 Å². The summed E-state index contributed by atoms with van der Waals surface area (Å²) in [4.78, 5) is 22.3. The van der Waals surface area contributed by atoms with Crippen LogP contribution >= 0.6 is 0 Å². The van der Waals surface area contributed by atoms with Crippen molar-refractivity contribution in [1.82, 2.24) is 5.32 Å². The minimum absolute atomic E-state index is 0.151. The monoisotopic (exact) mass is 198 g/mol. The zero-order valence-corrected chi connectivity index (χ0v) is 8.96. The molecule has 0 rings (SSSR count). The van der Waals surface area contributed by atoms with Crippen LogP contribution in [-0.2, 0) is 9.59 Å². The van der Waals surface area contributed by atoms with Crippen LogP contribution in [0.4, 0.5) is 0 Å². The highest BCUT2D eigenvalue weighted by molar-refractivity contribution is 5.87. The first kappa shape index (κ1) is 12.7. The van der Waals surface area contributed by atoms with Crippen LogP contribution in [0.15, 0.2) is 12.2 Å². The lowest BCUT2D eigenvalue weighted by atomic mass is 10.1. The Morgan fingerprint density at radius 2 is 1.93 bits per heavy atom. The molecule has 0 spiro atoms. The van der Waals surface area contributed by atoms with Gasteiger partial charge in [0.25, 0.3) is 0 Å². The first-order chi connectivity index (χ1) is 6.34. The number of hydrogen-bond acceptors (Lipinski definition) is 2. The molecule has 80 valence electrons. The van der Waals surface area contributed by atoms with Gasteiger partial charge < -0.3 is 11.1 Å². The predicted molar refractivity (Wildman–Crippen MR) is 55.4 cm³/mol. The summed E-state index contributed by atoms with van der Waals surface area (Å²) in [5.41, 5.74) is 5.96. The van der Waals surface area contributed by atoms with Crippen molar-refractivity contribution in [2.45, 2.75) is 33.2 Å². The summed E-state index contributed by atoms with van der Waals surface area (Å²) in [5.74, 6) is -0.848. The van der Waals surface area contributed by atoms with Gasteiger partial charge in [-0.1, -0.05) is 19.4 Å². The minimum atomic E-state index is -0.637. The summed E-state index contributed by atoms with van der Waals surface area (Å²) in [6.45, 7) is 8.98. The average molecular weight is 198 g/mol. The van der Waals surface area contributed by atoms with Crippen molar-refractivity contribution in [1.29, 1.82) is 0 Å². The zero-order valence-electron chi connectivity index (χ0n) is 8.96. The van der Waals surface area contributed by atoms with Gasteiger partial charge in [0, 0.05) is 5.92 Å². The largest absolute Gasteiger partial charge is 0.368 e. The Hall–Kier alpha value is -1.32. The number of hydrogen-bond donors (Lipinski definition) is 2. The number of carbonyl (C=O) groups is 2. The fraction of sp³-hybridized carbons (Fsp3) is 0.600. The fourth-order valence-corrected chi connectivity index (χ4v) is 0.910. The Morgan fingerprint density at radius 3 is 2.21 bits per heavy atom. The van der Waals surface area contributed by atoms with E-state index in [0.29, 0.717) is 6.42 Å². The standard InChI is InChI=1S/C10H18N2O2/c1-6(2)5-8(9(11)13)12-10(14)7(3)4/h7-8H,1,5H2,2-4H3,(H2,11,13)(H,12,14)/t8-/m1/s1. The van der Waals surface area contributed by atoms with Crippen molar-refractivity contribution in [2.24, 2.45) is 11.7 Å². The molecule has 3 N–H and O–H groups in total. The van der Waals surface area contributed by atoms with E-state index < -0.39 is 11.9 Å². The minimum Gasteiger partial charge on any atom is -0.368 e. The van der Waals surface area contributed by atoms with Crippen LogP contribution in [0.2, 0.25) is 0 Å². The molecule has 0 aromatic heterocycles. The summed E-state index contributed by atoms with van der Waals surface area (Å²) in [5, 5.41) is 2.57. The van der Waals surface area contributed by atoms with Crippen LogP contribution in [-0.4, -0.2) is 17.9 Å². The molecule has 0 aromatic carbocycles. The molecule has 0 saturated carbocycles. The molecule has 0 aliphatic heterocycles. The third-order valence-electron chi connectivity index (χ3n) is 1.74. The molecule has 0 unspecified atom stereocenters. The van der Waals surface area contributed by atoms with Gasteiger partial charge in [0.05, 0.1) is 0 Å². The van der Waals surface area contributed by atoms with Gasteiger partial charge in [-0.15, -0.1) is 6.58 Å². The highest BCUT2D eigenvalue weighted by Gasteiger charge is 2.19. The molecule has 1 atom stereocenters. The van der Waals surface area contributed by atoms with E-state index >= 15 is 0 Å². The highest BCUT2D eigenvalue weighted by atomic mass is 16.2. The van der Waals surface area contributed by atoms with E-state index in [2.05, 4.69) is 11.9 Å². The number of nitrogens with two attached hydrogens (primary N) is 1. The maximum atomic E-state index is 11.3. The number of nitrogens with one attached hydrogen (secondary N) is 1. The molecule has 0 aliphatic rings. The third-order valence-corrected chi connectivity index (χ3v) is 1.74. The SMILES string of the molecule is C=C(C)C[C@@H](NC(=O)C(C)C)C(N)=O. The van der Waals surface area contributed by atoms with Gasteiger partial charge in [0.2, 0.25) is 11.8 Å². The second-order valence-corrected chi connectivity index (χ2v) is 3.78. The van der Waals surface area contributed by atoms with Crippen LogP contribution < -0.4 is 11.1 Å². The molecular formula is C10H18N2O2. The van der Waals surface area contributed by atoms with Crippen molar-refractivity contribution in [3.8, 4) is 0 Å². The zero-order chi connectivity index (χ0) is 11.3. The molecule has 0 saturated heterocycles. The highest BCUT2D eigenvalue weighted by Crippen LogP contribution is 2.03. The average Bonchev–Trinajstić information content (AvgIpc) is 2.01. The second kappa shape index (κ2) is 5.42. The molecule has 4 nitrogen and oxygen atoms in total. The predicted octanol–water partition coefficient (Wildman–Crippen LogP) is 0.579. The van der Waals surface area contributed by atoms with Crippen LogP contribution in [0.1, 0.15) is 27.2 Å². The molecule has 0 bridgehead atoms. The molecule has 2 amide bonds. The summed E-state index contributed by atoms with van der Waals surface area (Å²) in [7, 11) is 0. The van der Waals surface area contributed by atoms with Crippen LogP contribution in [0.3, 0.4) is 0 Å². The van der Waals surface area contributed by atoms with Crippen molar-refractivity contribution in [3.05, 3.63) is 12.2 Å². The van der Waals surface area contributed by atoms with Crippen molar-refractivity contribution in [2.75, 3.05) is 0 Å². The lowest BCUT2D eigenvalue weighted by molar-refractivity contribution is -0.129. The molecule has 0 fully saturated rings. The van der Waals surface area contributed by atoms with Crippen molar-refractivity contribution >= 4 is 11.8 Å². The molecule has 14 heavy (non-hydrogen) atoms. The number of rotatable bonds is 5. The van der Waals surface area contributed by atoms with Gasteiger partial charge in [-0.05, 0) is 13.3 Å². The van der Waals surface area contributed by atoms with Gasteiger partial charge in [-0.3, -0.25) is 9.59 Å². The second-order valence-electron chi connectivity index (χ2n) is 3.78. The van der Waals surface area contributed by atoms with Crippen LogP contribution in [0.5, 0.6) is 0 Å². The molecular weight excluding hydrogens is 180 g/mol. The Bertz CT molecular complexity index is 247. The maximum absolute atomic E-state index is 11.3. The lowest BCUT2D eigenvalue weighted by Crippen LogP contribution is -2.45. The number of amides is 2. The van der Waals surface area contributed by atoms with Gasteiger partial charge in [0.1, 0.15) is 6.04 Å². The summed E-state index contributed by atoms with van der Waals surface area (Å²) in [6, 6.07) is -0.637. The van der Waals surface area contributed by atoms with E-state index in [9.17, 15) is 9.59 Å². The van der Waals surface area contributed by atoms with E-state index in [4.69, 9.17) is 5.73 Å². The molecule has 0 aromatic rings. The van der Waals surface area contributed by atoms with Gasteiger partial charge in [-0.2, -0.15) is 0 Å². The van der Waals surface area contributed by atoms with Crippen LogP contribution in [0.25, 0.3) is 0 Å². The third kappa shape index (κ3) is 4.64. The molecule has 4 heteroatoms. The fourth-order valence-electron chi connectivity index (χ4n) is 0.910. The Balaban J connectivity index is 4.31. The van der Waals surface area contributed by atoms with Crippen molar-refractivity contribution in [3.63, 3.8) is 0 Å². The van der Waals surface area contributed by atoms with E-state index in [1.807, 2.05) is 0 Å². The van der Waals surface area contributed by atoms with Gasteiger partial charge >= 0.3 is 0 Å². The first-order valence-corrected chi connectivity index (χ1v) is 4.58. The Kier molecular flexibility index (Phi) is 4.91. The summed E-state index contributed by atoms with van der Waals surface area (Å²) in [6.07, 6.45) is 0.397. The Morgan fingerprint density at radius 1 is 1.43 bits per heavy atom. The number of primary amides is 1. The molecule has 0 heterocycles. The lowest BCUT2D eigenvalue weighted by Gasteiger charge is -2.16. The normalized spacial score (nSPS) is 12.3. The maximum Gasteiger partial charge on any atom is 0.240 e. The van der Waals surface area contributed by atoms with E-state index in [-0.39, 0.29) is 11.8 Å². The van der Waals surface area contributed by atoms with E-state index in [1.165, 1.54) is 0 Å². The first-order valence-electron chi connectivity index (χ1n) is 4.58. The van der Waals surface area contributed by atoms with Crippen LogP contribution in [0, 0.1) is 5.92 Å². The number of carbonyl (C=O) groups excluding carboxylic acids is 2. The van der Waals surface area contributed by atoms with Crippen molar-refractivity contribution < 1.29 is 9.59 Å². The topological polar surface area (TPSA) is 72.2 Å². The van der Waals surface area contributed by atoms with Gasteiger partial charge in [0.15, 0.2) is 0 Å². The molecule has 0 radical (unpaired) electrons. The van der Waals surface area contributed by atoms with E-state index in [1.54, 1.807) is 20.8 Å². The summed E-state index contributed by atoms with van der Waals surface area (Å²) >= 11 is 0.